The number of thioether (sulfide) groups is 1. The fraction of sp³-hybridized carbons (Fsp3) is 0.615. The zero-order chi connectivity index (χ0) is 24.3. The number of amides is 3. The summed E-state index contributed by atoms with van der Waals surface area (Å²) in [6, 6.07) is 8.23. The van der Waals surface area contributed by atoms with E-state index < -0.39 is 18.2 Å². The van der Waals surface area contributed by atoms with Gasteiger partial charge in [0.15, 0.2) is 23.2 Å². The quantitative estimate of drug-likeness (QED) is 0.293. The van der Waals surface area contributed by atoms with Crippen molar-refractivity contribution in [3.8, 4) is 0 Å². The maximum atomic E-state index is 12.7. The van der Waals surface area contributed by atoms with Gasteiger partial charge in [0.25, 0.3) is 5.91 Å². The van der Waals surface area contributed by atoms with Crippen LogP contribution in [0.25, 0.3) is 0 Å². The number of imide groups is 1. The Labute approximate surface area is 207 Å². The van der Waals surface area contributed by atoms with E-state index >= 15 is 0 Å². The highest BCUT2D eigenvalue weighted by Gasteiger charge is 2.48. The van der Waals surface area contributed by atoms with Gasteiger partial charge < -0.3 is 9.80 Å². The van der Waals surface area contributed by atoms with Crippen LogP contribution >= 0.6 is 11.8 Å². The number of aliphatic imine (C=N–C) groups is 1. The fourth-order valence-electron chi connectivity index (χ4n) is 4.46. The minimum Gasteiger partial charge on any atom is -0.336 e. The van der Waals surface area contributed by atoms with Crippen LogP contribution in [0.2, 0.25) is 0 Å². The zero-order valence-electron chi connectivity index (χ0n) is 20.5. The van der Waals surface area contributed by atoms with Crippen molar-refractivity contribution >= 4 is 34.7 Å². The number of fused-ring (bicyclic) bond motifs is 1. The predicted octanol–water partition coefficient (Wildman–Crippen LogP) is 5.07. The molecule has 0 aliphatic carbocycles. The third-order valence-electron chi connectivity index (χ3n) is 6.50. The van der Waals surface area contributed by atoms with E-state index in [-0.39, 0.29) is 17.4 Å². The minimum atomic E-state index is -0.543. The van der Waals surface area contributed by atoms with Crippen molar-refractivity contribution in [2.45, 2.75) is 83.3 Å². The lowest BCUT2D eigenvalue weighted by Gasteiger charge is -2.36. The van der Waals surface area contributed by atoms with Crippen molar-refractivity contribution in [3.63, 3.8) is 0 Å². The van der Waals surface area contributed by atoms with E-state index in [1.165, 1.54) is 68.0 Å². The molecule has 7 nitrogen and oxygen atoms in total. The Hall–Kier alpha value is -2.35. The molecule has 0 spiro atoms. The molecule has 3 rings (SSSR count). The van der Waals surface area contributed by atoms with Crippen molar-refractivity contribution in [2.24, 2.45) is 4.99 Å². The Morgan fingerprint density at radius 3 is 2.24 bits per heavy atom. The van der Waals surface area contributed by atoms with E-state index in [2.05, 4.69) is 12.2 Å². The molecule has 2 unspecified atom stereocenters. The number of hydrogen-bond donors (Lipinski definition) is 1. The van der Waals surface area contributed by atoms with Gasteiger partial charge in [-0.15, -0.1) is 0 Å². The van der Waals surface area contributed by atoms with E-state index in [0.717, 1.165) is 12.8 Å². The lowest BCUT2D eigenvalue weighted by Crippen LogP contribution is -2.63. The van der Waals surface area contributed by atoms with Gasteiger partial charge in [-0.3, -0.25) is 14.9 Å². The van der Waals surface area contributed by atoms with Gasteiger partial charge in [-0.05, 0) is 6.42 Å². The Morgan fingerprint density at radius 1 is 0.971 bits per heavy atom. The summed E-state index contributed by atoms with van der Waals surface area (Å²) in [6.45, 7) is 2.93. The second kappa shape index (κ2) is 13.5. The van der Waals surface area contributed by atoms with Crippen molar-refractivity contribution in [1.82, 2.24) is 15.1 Å². The average Bonchev–Trinajstić information content (AvgIpc) is 3.22. The normalized spacial score (nSPS) is 19.8. The SMILES string of the molecule is CCCCCCCCCCCCN1C(SCC(=O)c2ccccc2)=NC2C1C(=O)NC(=O)N2C. The average molecular weight is 487 g/mol. The van der Waals surface area contributed by atoms with Gasteiger partial charge in [0, 0.05) is 19.2 Å². The van der Waals surface area contributed by atoms with Gasteiger partial charge in [-0.25, -0.2) is 9.79 Å². The summed E-state index contributed by atoms with van der Waals surface area (Å²) in [7, 11) is 1.66. The largest absolute Gasteiger partial charge is 0.336 e. The highest BCUT2D eigenvalue weighted by Crippen LogP contribution is 2.29. The Kier molecular flexibility index (Phi) is 10.4. The summed E-state index contributed by atoms with van der Waals surface area (Å²) in [5, 5.41) is 3.11. The molecule has 2 atom stereocenters. The van der Waals surface area contributed by atoms with Crippen molar-refractivity contribution in [1.29, 1.82) is 0 Å². The van der Waals surface area contributed by atoms with Gasteiger partial charge in [0.1, 0.15) is 0 Å². The van der Waals surface area contributed by atoms with Crippen molar-refractivity contribution in [3.05, 3.63) is 35.9 Å². The van der Waals surface area contributed by atoms with Crippen LogP contribution in [-0.2, 0) is 4.79 Å². The monoisotopic (exact) mass is 486 g/mol. The Balaban J connectivity index is 1.52. The minimum absolute atomic E-state index is 0.0240. The number of amidine groups is 1. The topological polar surface area (TPSA) is 82.1 Å². The first-order valence-electron chi connectivity index (χ1n) is 12.7. The van der Waals surface area contributed by atoms with Gasteiger partial charge in [0.2, 0.25) is 0 Å². The molecular formula is C26H38N4O3S. The van der Waals surface area contributed by atoms with Gasteiger partial charge in [-0.2, -0.15) is 0 Å². The molecule has 0 bridgehead atoms. The summed E-state index contributed by atoms with van der Waals surface area (Å²) in [4.78, 5) is 45.6. The molecule has 0 saturated carbocycles. The van der Waals surface area contributed by atoms with E-state index in [1.807, 2.05) is 23.1 Å². The van der Waals surface area contributed by atoms with E-state index in [9.17, 15) is 14.4 Å². The molecule has 1 saturated heterocycles. The van der Waals surface area contributed by atoms with Crippen LogP contribution in [0.15, 0.2) is 35.3 Å². The highest BCUT2D eigenvalue weighted by molar-refractivity contribution is 8.14. The van der Waals surface area contributed by atoms with E-state index in [4.69, 9.17) is 4.99 Å². The van der Waals surface area contributed by atoms with Crippen LogP contribution < -0.4 is 5.32 Å². The molecule has 0 aromatic heterocycles. The van der Waals surface area contributed by atoms with E-state index in [1.54, 1.807) is 19.2 Å². The third-order valence-corrected chi connectivity index (χ3v) is 7.51. The first kappa shape index (κ1) is 26.3. The summed E-state index contributed by atoms with van der Waals surface area (Å²) in [5.74, 6) is -0.0410. The van der Waals surface area contributed by atoms with Crippen LogP contribution in [0.4, 0.5) is 4.79 Å². The Bertz CT molecular complexity index is 861. The second-order valence-electron chi connectivity index (χ2n) is 9.13. The number of Topliss-reactive ketones (excluding diaryl/α,β-unsaturated/α-hetero) is 1. The number of unbranched alkanes of at least 4 members (excludes halogenated alkanes) is 9. The third kappa shape index (κ3) is 7.08. The first-order chi connectivity index (χ1) is 16.5. The van der Waals surface area contributed by atoms with Crippen LogP contribution in [0.3, 0.4) is 0 Å². The fourth-order valence-corrected chi connectivity index (χ4v) is 5.44. The molecule has 8 heteroatoms. The zero-order valence-corrected chi connectivity index (χ0v) is 21.3. The molecule has 2 heterocycles. The van der Waals surface area contributed by atoms with Crippen molar-refractivity contribution in [2.75, 3.05) is 19.3 Å². The van der Waals surface area contributed by atoms with Gasteiger partial charge >= 0.3 is 6.03 Å². The van der Waals surface area contributed by atoms with Gasteiger partial charge in [-0.1, -0.05) is 107 Å². The molecule has 2 aliphatic heterocycles. The molecule has 1 N–H and O–H groups in total. The smallest absolute Gasteiger partial charge is 0.325 e. The number of carbonyl (C=O) groups is 3. The lowest BCUT2D eigenvalue weighted by molar-refractivity contribution is -0.127. The second-order valence-corrected chi connectivity index (χ2v) is 10.1. The number of likely N-dealkylation sites (N-methyl/N-ethyl adjacent to an activating group) is 1. The number of nitrogens with zero attached hydrogens (tertiary/aromatic N) is 3. The molecular weight excluding hydrogens is 448 g/mol. The number of hydrogen-bond acceptors (Lipinski definition) is 6. The maximum Gasteiger partial charge on any atom is 0.325 e. The molecule has 1 aromatic rings. The van der Waals surface area contributed by atoms with Gasteiger partial charge in [0.05, 0.1) is 5.75 Å². The maximum absolute atomic E-state index is 12.7. The molecule has 186 valence electrons. The number of benzene rings is 1. The van der Waals surface area contributed by atoms with Crippen LogP contribution in [0.5, 0.6) is 0 Å². The molecule has 0 radical (unpaired) electrons. The molecule has 1 aromatic carbocycles. The van der Waals surface area contributed by atoms with Crippen LogP contribution in [0, 0.1) is 0 Å². The number of urea groups is 1. The number of carbonyl (C=O) groups excluding carboxylic acids is 3. The number of ketones is 1. The summed E-state index contributed by atoms with van der Waals surface area (Å²) in [5.41, 5.74) is 0.664. The Morgan fingerprint density at radius 2 is 1.59 bits per heavy atom. The molecule has 2 aliphatic rings. The van der Waals surface area contributed by atoms with Crippen molar-refractivity contribution < 1.29 is 14.4 Å². The number of rotatable bonds is 14. The number of nitrogens with one attached hydrogen (secondary N) is 1. The summed E-state index contributed by atoms with van der Waals surface area (Å²) in [6.07, 6.45) is 11.9. The standard InChI is InChI=1S/C26H38N4O3S/c1-3-4-5-6-7-8-9-10-11-15-18-30-22-23(29(2)25(33)28-24(22)32)27-26(30)34-19-21(31)20-16-13-12-14-17-20/h12-14,16-17,22-23H,3-11,15,18-19H2,1-2H3,(H,28,32,33). The lowest BCUT2D eigenvalue weighted by atomic mass is 10.1. The highest BCUT2D eigenvalue weighted by atomic mass is 32.2. The molecule has 1 fully saturated rings. The molecule has 3 amide bonds. The first-order valence-corrected chi connectivity index (χ1v) is 13.6. The van der Waals surface area contributed by atoms with Crippen LogP contribution in [0.1, 0.15) is 81.5 Å². The van der Waals surface area contributed by atoms with E-state index in [0.29, 0.717) is 17.3 Å². The molecule has 34 heavy (non-hydrogen) atoms. The summed E-state index contributed by atoms with van der Waals surface area (Å²) >= 11 is 1.36. The predicted molar refractivity (Wildman–Crippen MR) is 138 cm³/mol. The van der Waals surface area contributed by atoms with Crippen LogP contribution in [-0.4, -0.2) is 64.2 Å². The summed E-state index contributed by atoms with van der Waals surface area (Å²) < 4.78 is 0.